The van der Waals surface area contributed by atoms with Crippen LogP contribution in [0.1, 0.15) is 42.5 Å². The van der Waals surface area contributed by atoms with Crippen molar-refractivity contribution in [3.8, 4) is 0 Å². The number of hydrogen-bond acceptors (Lipinski definition) is 4. The average molecular weight is 290 g/mol. The molecular weight excluding hydrogens is 268 g/mol. The summed E-state index contributed by atoms with van der Waals surface area (Å²) in [4.78, 5) is 24.0. The molecule has 0 saturated heterocycles. The molecule has 1 atom stereocenters. The van der Waals surface area contributed by atoms with Crippen molar-refractivity contribution in [3.63, 3.8) is 0 Å². The highest BCUT2D eigenvalue weighted by Gasteiger charge is 2.25. The van der Waals surface area contributed by atoms with E-state index in [1.54, 1.807) is 24.3 Å². The molecule has 0 aliphatic heterocycles. The summed E-state index contributed by atoms with van der Waals surface area (Å²) in [5.41, 5.74) is 0.525. The van der Waals surface area contributed by atoms with Gasteiger partial charge in [0, 0.05) is 11.6 Å². The summed E-state index contributed by atoms with van der Waals surface area (Å²) in [6, 6.07) is 9.09. The van der Waals surface area contributed by atoms with E-state index < -0.39 is 12.1 Å². The van der Waals surface area contributed by atoms with Crippen LogP contribution in [-0.4, -0.2) is 31.2 Å². The number of nitrogens with one attached hydrogen (secondary N) is 2. The van der Waals surface area contributed by atoms with Gasteiger partial charge in [-0.2, -0.15) is 0 Å². The lowest BCUT2D eigenvalue weighted by atomic mass is 9.95. The lowest BCUT2D eigenvalue weighted by Crippen LogP contribution is -2.55. The third-order valence-electron chi connectivity index (χ3n) is 3.76. The molecule has 0 bridgehead atoms. The molecule has 21 heavy (non-hydrogen) atoms. The fraction of sp³-hybridized carbons (Fsp3) is 0.500. The van der Waals surface area contributed by atoms with Crippen molar-refractivity contribution in [1.82, 2.24) is 10.6 Å². The molecule has 1 fully saturated rings. The lowest BCUT2D eigenvalue weighted by Gasteiger charge is -2.27. The monoisotopic (exact) mass is 290 g/mol. The Bertz CT molecular complexity index is 470. The van der Waals surface area contributed by atoms with Gasteiger partial charge < -0.3 is 10.1 Å². The maximum absolute atomic E-state index is 12.2. The van der Waals surface area contributed by atoms with E-state index in [4.69, 9.17) is 4.74 Å². The zero-order valence-electron chi connectivity index (χ0n) is 12.3. The maximum Gasteiger partial charge on any atom is 0.343 e. The molecule has 5 nitrogen and oxygen atoms in total. The van der Waals surface area contributed by atoms with Gasteiger partial charge in [-0.1, -0.05) is 37.5 Å². The Morgan fingerprint density at radius 3 is 2.43 bits per heavy atom. The zero-order valence-corrected chi connectivity index (χ0v) is 12.3. The van der Waals surface area contributed by atoms with Crippen molar-refractivity contribution in [1.29, 1.82) is 0 Å². The Hall–Kier alpha value is -1.88. The first kappa shape index (κ1) is 15.5. The van der Waals surface area contributed by atoms with E-state index in [-0.39, 0.29) is 11.9 Å². The van der Waals surface area contributed by atoms with Crippen molar-refractivity contribution in [2.45, 2.75) is 44.3 Å². The quantitative estimate of drug-likeness (QED) is 0.641. The number of rotatable bonds is 5. The first-order valence-electron chi connectivity index (χ1n) is 7.40. The molecule has 2 rings (SSSR count). The van der Waals surface area contributed by atoms with E-state index in [9.17, 15) is 9.59 Å². The number of carbonyl (C=O) groups excluding carboxylic acids is 2. The lowest BCUT2D eigenvalue weighted by molar-refractivity contribution is -0.144. The molecule has 0 aromatic heterocycles. The number of carbonyl (C=O) groups is 2. The van der Waals surface area contributed by atoms with Crippen molar-refractivity contribution < 1.29 is 14.3 Å². The molecule has 0 heterocycles. The van der Waals surface area contributed by atoms with E-state index in [1.807, 2.05) is 6.07 Å². The van der Waals surface area contributed by atoms with E-state index in [0.717, 1.165) is 25.7 Å². The van der Waals surface area contributed by atoms with Crippen LogP contribution in [0.15, 0.2) is 30.3 Å². The number of methoxy groups -OCH3 is 1. The largest absolute Gasteiger partial charge is 0.466 e. The minimum absolute atomic E-state index is 0.249. The predicted octanol–water partition coefficient (Wildman–Crippen LogP) is 1.84. The molecule has 0 spiro atoms. The third-order valence-corrected chi connectivity index (χ3v) is 3.76. The Balaban J connectivity index is 1.98. The fourth-order valence-corrected chi connectivity index (χ4v) is 2.60. The van der Waals surface area contributed by atoms with Gasteiger partial charge in [-0.05, 0) is 25.0 Å². The second-order valence-electron chi connectivity index (χ2n) is 5.30. The molecule has 5 heteroatoms. The highest BCUT2D eigenvalue weighted by molar-refractivity contribution is 5.96. The molecular formula is C16H22N2O3. The van der Waals surface area contributed by atoms with Crippen molar-refractivity contribution >= 4 is 11.9 Å². The van der Waals surface area contributed by atoms with Crippen molar-refractivity contribution in [2.24, 2.45) is 0 Å². The second kappa shape index (κ2) is 7.78. The van der Waals surface area contributed by atoms with Crippen LogP contribution in [0.5, 0.6) is 0 Å². The minimum Gasteiger partial charge on any atom is -0.466 e. The number of esters is 1. The number of ether oxygens (including phenoxy) is 1. The van der Waals surface area contributed by atoms with Gasteiger partial charge in [0.1, 0.15) is 0 Å². The van der Waals surface area contributed by atoms with Crippen LogP contribution in [0, 0.1) is 0 Å². The SMILES string of the molecule is COC(=O)C(NC(=O)c1ccccc1)NC1CCCCC1. The van der Waals surface area contributed by atoms with Crippen molar-refractivity contribution in [2.75, 3.05) is 7.11 Å². The molecule has 0 radical (unpaired) electrons. The average Bonchev–Trinajstić information content (AvgIpc) is 2.55. The van der Waals surface area contributed by atoms with Gasteiger partial charge in [-0.15, -0.1) is 0 Å². The van der Waals surface area contributed by atoms with E-state index in [0.29, 0.717) is 5.56 Å². The van der Waals surface area contributed by atoms with Crippen LogP contribution in [0.25, 0.3) is 0 Å². The molecule has 1 amide bonds. The molecule has 2 N–H and O–H groups in total. The Labute approximate surface area is 125 Å². The summed E-state index contributed by atoms with van der Waals surface area (Å²) in [5.74, 6) is -0.751. The molecule has 1 aliphatic rings. The summed E-state index contributed by atoms with van der Waals surface area (Å²) < 4.78 is 4.77. The summed E-state index contributed by atoms with van der Waals surface area (Å²) in [6.45, 7) is 0. The number of benzene rings is 1. The van der Waals surface area contributed by atoms with Crippen LogP contribution in [0.4, 0.5) is 0 Å². The first-order chi connectivity index (χ1) is 10.2. The van der Waals surface area contributed by atoms with Crippen LogP contribution < -0.4 is 10.6 Å². The van der Waals surface area contributed by atoms with Crippen LogP contribution >= 0.6 is 0 Å². The molecule has 1 unspecified atom stereocenters. The highest BCUT2D eigenvalue weighted by Crippen LogP contribution is 2.17. The molecule has 1 aliphatic carbocycles. The topological polar surface area (TPSA) is 67.4 Å². The predicted molar refractivity (Wildman–Crippen MR) is 79.7 cm³/mol. The molecule has 114 valence electrons. The normalized spacial score (nSPS) is 17.0. The number of amides is 1. The standard InChI is InChI=1S/C16H22N2O3/c1-21-16(20)14(17-13-10-6-3-7-11-13)18-15(19)12-8-4-2-5-9-12/h2,4-5,8-9,13-14,17H,3,6-7,10-11H2,1H3,(H,18,19). The van der Waals surface area contributed by atoms with Gasteiger partial charge in [0.2, 0.25) is 0 Å². The highest BCUT2D eigenvalue weighted by atomic mass is 16.5. The van der Waals surface area contributed by atoms with Crippen LogP contribution in [0.2, 0.25) is 0 Å². The number of hydrogen-bond donors (Lipinski definition) is 2. The van der Waals surface area contributed by atoms with Crippen LogP contribution in [0.3, 0.4) is 0 Å². The summed E-state index contributed by atoms with van der Waals surface area (Å²) >= 11 is 0. The van der Waals surface area contributed by atoms with Gasteiger partial charge in [0.05, 0.1) is 7.11 Å². The third kappa shape index (κ3) is 4.56. The zero-order chi connectivity index (χ0) is 15.1. The van der Waals surface area contributed by atoms with Gasteiger partial charge >= 0.3 is 5.97 Å². The van der Waals surface area contributed by atoms with Gasteiger partial charge in [-0.25, -0.2) is 4.79 Å². The Morgan fingerprint density at radius 2 is 1.81 bits per heavy atom. The Kier molecular flexibility index (Phi) is 5.75. The van der Waals surface area contributed by atoms with E-state index in [1.165, 1.54) is 13.5 Å². The maximum atomic E-state index is 12.2. The second-order valence-corrected chi connectivity index (χ2v) is 5.30. The molecule has 1 saturated carbocycles. The minimum atomic E-state index is -0.800. The summed E-state index contributed by atoms with van der Waals surface area (Å²) in [5, 5.41) is 5.91. The van der Waals surface area contributed by atoms with E-state index >= 15 is 0 Å². The fourth-order valence-electron chi connectivity index (χ4n) is 2.60. The van der Waals surface area contributed by atoms with Crippen molar-refractivity contribution in [3.05, 3.63) is 35.9 Å². The van der Waals surface area contributed by atoms with E-state index in [2.05, 4.69) is 10.6 Å². The van der Waals surface area contributed by atoms with Gasteiger partial charge in [0.15, 0.2) is 6.17 Å². The molecule has 1 aromatic carbocycles. The Morgan fingerprint density at radius 1 is 1.14 bits per heavy atom. The summed E-state index contributed by atoms with van der Waals surface area (Å²) in [6.07, 6.45) is 4.78. The first-order valence-corrected chi connectivity index (χ1v) is 7.40. The van der Waals surface area contributed by atoms with Crippen LogP contribution in [-0.2, 0) is 9.53 Å². The van der Waals surface area contributed by atoms with Gasteiger partial charge in [0.25, 0.3) is 5.91 Å². The van der Waals surface area contributed by atoms with Gasteiger partial charge in [-0.3, -0.25) is 10.1 Å². The summed E-state index contributed by atoms with van der Waals surface area (Å²) in [7, 11) is 1.33. The smallest absolute Gasteiger partial charge is 0.343 e. The molecule has 1 aromatic rings.